The highest BCUT2D eigenvalue weighted by Gasteiger charge is 2.02. The van der Waals surface area contributed by atoms with E-state index in [1.54, 1.807) is 0 Å². The Hall–Kier alpha value is -0.690. The number of unbranched alkanes of at least 4 members (excludes halogenated alkanes) is 11. The van der Waals surface area contributed by atoms with Gasteiger partial charge in [0.05, 0.1) is 46.2 Å². The van der Waals surface area contributed by atoms with Gasteiger partial charge in [-0.05, 0) is 19.8 Å². The number of carbonyl (C=O) groups is 1. The van der Waals surface area contributed by atoms with E-state index in [-0.39, 0.29) is 5.97 Å². The second kappa shape index (κ2) is 28.3. The summed E-state index contributed by atoms with van der Waals surface area (Å²) in [4.78, 5) is 11.7. The van der Waals surface area contributed by atoms with Crippen LogP contribution in [0, 0.1) is 0 Å². The Kier molecular flexibility index (Phi) is 27.7. The van der Waals surface area contributed by atoms with Gasteiger partial charge in [-0.25, -0.2) is 0 Å². The lowest BCUT2D eigenvalue weighted by Gasteiger charge is -2.07. The quantitative estimate of drug-likeness (QED) is 0.109. The van der Waals surface area contributed by atoms with Crippen LogP contribution >= 0.6 is 0 Å². The Morgan fingerprint density at radius 1 is 0.469 bits per heavy atom. The van der Waals surface area contributed by atoms with Crippen molar-refractivity contribution in [1.82, 2.24) is 0 Å². The number of esters is 1. The summed E-state index contributed by atoms with van der Waals surface area (Å²) < 4.78 is 26.7. The molecule has 0 aliphatic carbocycles. The smallest absolute Gasteiger partial charge is 0.305 e. The van der Waals surface area contributed by atoms with Crippen LogP contribution in [0.25, 0.3) is 0 Å². The van der Waals surface area contributed by atoms with Crippen molar-refractivity contribution in [2.45, 2.75) is 104 Å². The number of rotatable bonds is 27. The van der Waals surface area contributed by atoms with Gasteiger partial charge < -0.3 is 23.7 Å². The van der Waals surface area contributed by atoms with Crippen LogP contribution in [0.1, 0.15) is 104 Å². The molecule has 0 bridgehead atoms. The van der Waals surface area contributed by atoms with E-state index >= 15 is 0 Å². The van der Waals surface area contributed by atoms with E-state index in [1.807, 2.05) is 6.92 Å². The summed E-state index contributed by atoms with van der Waals surface area (Å²) >= 11 is 0. The highest BCUT2D eigenvalue weighted by molar-refractivity contribution is 5.69. The molecular formula is C26H52O6. The van der Waals surface area contributed by atoms with Gasteiger partial charge in [0.15, 0.2) is 0 Å². The van der Waals surface area contributed by atoms with E-state index in [1.165, 1.54) is 64.2 Å². The molecule has 0 aromatic rings. The highest BCUT2D eigenvalue weighted by atomic mass is 16.6. The van der Waals surface area contributed by atoms with Crippen LogP contribution in [0.5, 0.6) is 0 Å². The first kappa shape index (κ1) is 31.3. The van der Waals surface area contributed by atoms with Crippen LogP contribution in [0.15, 0.2) is 0 Å². The van der Waals surface area contributed by atoms with Gasteiger partial charge in [-0.3, -0.25) is 4.79 Å². The lowest BCUT2D eigenvalue weighted by Crippen LogP contribution is -2.12. The van der Waals surface area contributed by atoms with Gasteiger partial charge in [0.1, 0.15) is 0 Å². The standard InChI is InChI=1S/C26H52O6/c1-3-5-6-7-8-9-10-11-12-13-14-15-19-32-26(27)17-16-18-29-22-23-31-25-24-30-21-20-28-4-2/h3-25H2,1-2H3. The minimum absolute atomic E-state index is 0.114. The average molecular weight is 461 g/mol. The van der Waals surface area contributed by atoms with E-state index in [0.717, 1.165) is 12.8 Å². The van der Waals surface area contributed by atoms with Crippen LogP contribution in [-0.4, -0.2) is 65.4 Å². The van der Waals surface area contributed by atoms with Crippen molar-refractivity contribution in [1.29, 1.82) is 0 Å². The zero-order chi connectivity index (χ0) is 23.4. The van der Waals surface area contributed by atoms with Crippen molar-refractivity contribution in [3.8, 4) is 0 Å². The van der Waals surface area contributed by atoms with E-state index in [9.17, 15) is 4.79 Å². The lowest BCUT2D eigenvalue weighted by atomic mass is 10.1. The molecule has 0 atom stereocenters. The van der Waals surface area contributed by atoms with Gasteiger partial charge >= 0.3 is 5.97 Å². The minimum atomic E-state index is -0.114. The second-order valence-corrected chi connectivity index (χ2v) is 8.25. The molecule has 0 amide bonds. The first-order valence-electron chi connectivity index (χ1n) is 13.3. The van der Waals surface area contributed by atoms with Crippen molar-refractivity contribution in [2.75, 3.05) is 59.5 Å². The van der Waals surface area contributed by atoms with Crippen molar-refractivity contribution >= 4 is 5.97 Å². The fourth-order valence-electron chi connectivity index (χ4n) is 3.32. The number of hydrogen-bond donors (Lipinski definition) is 0. The van der Waals surface area contributed by atoms with Crippen LogP contribution in [0.2, 0.25) is 0 Å². The van der Waals surface area contributed by atoms with E-state index in [2.05, 4.69) is 6.92 Å². The SMILES string of the molecule is CCCCCCCCCCCCCCOC(=O)CCCOCCOCCOCCOCC. The van der Waals surface area contributed by atoms with E-state index in [0.29, 0.717) is 72.3 Å². The zero-order valence-corrected chi connectivity index (χ0v) is 21.2. The number of carbonyl (C=O) groups excluding carboxylic acids is 1. The molecule has 0 rings (SSSR count). The van der Waals surface area contributed by atoms with Gasteiger partial charge in [0.2, 0.25) is 0 Å². The summed E-state index contributed by atoms with van der Waals surface area (Å²) in [5, 5.41) is 0. The van der Waals surface area contributed by atoms with Gasteiger partial charge in [-0.1, -0.05) is 77.6 Å². The molecule has 0 aromatic heterocycles. The average Bonchev–Trinajstić information content (AvgIpc) is 2.80. The fourth-order valence-corrected chi connectivity index (χ4v) is 3.32. The molecule has 192 valence electrons. The third kappa shape index (κ3) is 27.3. The Balaban J connectivity index is 3.14. The normalized spacial score (nSPS) is 11.2. The molecule has 0 unspecified atom stereocenters. The molecular weight excluding hydrogens is 408 g/mol. The van der Waals surface area contributed by atoms with Crippen LogP contribution < -0.4 is 0 Å². The van der Waals surface area contributed by atoms with Crippen molar-refractivity contribution < 1.29 is 28.5 Å². The van der Waals surface area contributed by atoms with Gasteiger partial charge in [0.25, 0.3) is 0 Å². The molecule has 0 aliphatic rings. The summed E-state index contributed by atoms with van der Waals surface area (Å²) in [6.07, 6.45) is 16.9. The summed E-state index contributed by atoms with van der Waals surface area (Å²) in [5.74, 6) is -0.114. The Morgan fingerprint density at radius 2 is 0.906 bits per heavy atom. The summed E-state index contributed by atoms with van der Waals surface area (Å²) in [7, 11) is 0. The maximum absolute atomic E-state index is 11.7. The van der Waals surface area contributed by atoms with Gasteiger partial charge in [-0.15, -0.1) is 0 Å². The molecule has 0 aliphatic heterocycles. The van der Waals surface area contributed by atoms with Crippen LogP contribution in [0.3, 0.4) is 0 Å². The summed E-state index contributed by atoms with van der Waals surface area (Å²) in [6.45, 7) is 9.48. The highest BCUT2D eigenvalue weighted by Crippen LogP contribution is 2.12. The van der Waals surface area contributed by atoms with E-state index < -0.39 is 0 Å². The van der Waals surface area contributed by atoms with Crippen molar-refractivity contribution in [3.05, 3.63) is 0 Å². The topological polar surface area (TPSA) is 63.2 Å². The third-order valence-corrected chi connectivity index (χ3v) is 5.25. The van der Waals surface area contributed by atoms with Gasteiger partial charge in [-0.2, -0.15) is 0 Å². The largest absolute Gasteiger partial charge is 0.466 e. The fraction of sp³-hybridized carbons (Fsp3) is 0.962. The molecule has 0 saturated heterocycles. The molecule has 0 fully saturated rings. The summed E-state index contributed by atoms with van der Waals surface area (Å²) in [6, 6.07) is 0. The second-order valence-electron chi connectivity index (χ2n) is 8.25. The van der Waals surface area contributed by atoms with Crippen LogP contribution in [-0.2, 0) is 28.5 Å². The van der Waals surface area contributed by atoms with Crippen molar-refractivity contribution in [3.63, 3.8) is 0 Å². The molecule has 0 heterocycles. The Bertz CT molecular complexity index is 332. The predicted molar refractivity (Wildman–Crippen MR) is 130 cm³/mol. The first-order chi connectivity index (χ1) is 15.8. The Morgan fingerprint density at radius 3 is 1.41 bits per heavy atom. The summed E-state index contributed by atoms with van der Waals surface area (Å²) in [5.41, 5.74) is 0. The Labute approximate surface area is 198 Å². The maximum Gasteiger partial charge on any atom is 0.305 e. The lowest BCUT2D eigenvalue weighted by molar-refractivity contribution is -0.144. The monoisotopic (exact) mass is 460 g/mol. The molecule has 6 nitrogen and oxygen atoms in total. The first-order valence-corrected chi connectivity index (χ1v) is 13.3. The van der Waals surface area contributed by atoms with Crippen LogP contribution in [0.4, 0.5) is 0 Å². The minimum Gasteiger partial charge on any atom is -0.466 e. The number of hydrogen-bond acceptors (Lipinski definition) is 6. The molecule has 0 spiro atoms. The molecule has 0 saturated carbocycles. The predicted octanol–water partition coefficient (Wildman–Crippen LogP) is 6.10. The molecule has 6 heteroatoms. The molecule has 32 heavy (non-hydrogen) atoms. The molecule has 0 aromatic carbocycles. The zero-order valence-electron chi connectivity index (χ0n) is 21.2. The van der Waals surface area contributed by atoms with E-state index in [4.69, 9.17) is 23.7 Å². The van der Waals surface area contributed by atoms with Crippen molar-refractivity contribution in [2.24, 2.45) is 0 Å². The third-order valence-electron chi connectivity index (χ3n) is 5.25. The molecule has 0 radical (unpaired) electrons. The number of ether oxygens (including phenoxy) is 5. The molecule has 0 N–H and O–H groups in total. The van der Waals surface area contributed by atoms with Gasteiger partial charge in [0, 0.05) is 19.6 Å². The maximum atomic E-state index is 11.7.